The quantitative estimate of drug-likeness (QED) is 0.828. The van der Waals surface area contributed by atoms with Gasteiger partial charge in [-0.05, 0) is 22.3 Å². The maximum absolute atomic E-state index is 12.0. The molecule has 0 atom stereocenters. The van der Waals surface area contributed by atoms with Crippen molar-refractivity contribution >= 4 is 18.0 Å². The van der Waals surface area contributed by atoms with Gasteiger partial charge in [-0.2, -0.15) is 0 Å². The average Bonchev–Trinajstić information content (AvgIpc) is 2.97. The zero-order chi connectivity index (χ0) is 19.7. The number of carbonyl (C=O) groups excluding carboxylic acids is 2. The highest BCUT2D eigenvalue weighted by Gasteiger charge is 2.35. The maximum atomic E-state index is 12.0. The van der Waals surface area contributed by atoms with E-state index < -0.39 is 18.0 Å². The van der Waals surface area contributed by atoms with E-state index in [1.165, 1.54) is 4.90 Å². The molecule has 1 heterocycles. The number of ether oxygens (including phenoxy) is 1. The van der Waals surface area contributed by atoms with Gasteiger partial charge in [-0.15, -0.1) is 0 Å². The number of rotatable bonds is 5. The summed E-state index contributed by atoms with van der Waals surface area (Å²) in [6.45, 7) is 0.336. The number of hydrogen-bond donors (Lipinski definition) is 2. The molecule has 2 aromatic carbocycles. The monoisotopic (exact) mass is 380 g/mol. The number of nitrogens with one attached hydrogen (secondary N) is 1. The van der Waals surface area contributed by atoms with Crippen molar-refractivity contribution in [2.45, 2.75) is 5.92 Å². The lowest BCUT2D eigenvalue weighted by atomic mass is 9.98. The summed E-state index contributed by atoms with van der Waals surface area (Å²) in [6, 6.07) is 16.1. The third-order valence-corrected chi connectivity index (χ3v) is 5.31. The topological polar surface area (TPSA) is 95.9 Å². The van der Waals surface area contributed by atoms with Crippen LogP contribution >= 0.6 is 0 Å². The molecule has 2 N–H and O–H groups in total. The summed E-state index contributed by atoms with van der Waals surface area (Å²) in [6.07, 6.45) is -0.662. The first-order valence-corrected chi connectivity index (χ1v) is 9.14. The van der Waals surface area contributed by atoms with E-state index in [2.05, 4.69) is 17.4 Å². The molecule has 1 aliphatic carbocycles. The van der Waals surface area contributed by atoms with Crippen molar-refractivity contribution in [2.24, 2.45) is 5.92 Å². The predicted octanol–water partition coefficient (Wildman–Crippen LogP) is 2.07. The Balaban J connectivity index is 1.31. The van der Waals surface area contributed by atoms with Crippen LogP contribution in [0.2, 0.25) is 0 Å². The number of carbonyl (C=O) groups is 3. The molecule has 4 rings (SSSR count). The molecule has 7 nitrogen and oxygen atoms in total. The molecule has 2 aliphatic rings. The van der Waals surface area contributed by atoms with Crippen LogP contribution in [0.15, 0.2) is 48.5 Å². The number of carboxylic acids is 1. The van der Waals surface area contributed by atoms with E-state index in [1.807, 2.05) is 36.4 Å². The van der Waals surface area contributed by atoms with Crippen LogP contribution in [0.4, 0.5) is 4.79 Å². The molecule has 0 spiro atoms. The molecule has 144 valence electrons. The van der Waals surface area contributed by atoms with E-state index >= 15 is 0 Å². The second-order valence-corrected chi connectivity index (χ2v) is 7.01. The molecule has 0 saturated carbocycles. The first-order chi connectivity index (χ1) is 13.5. The summed E-state index contributed by atoms with van der Waals surface area (Å²) >= 11 is 0. The van der Waals surface area contributed by atoms with Crippen LogP contribution in [0.5, 0.6) is 0 Å². The number of carboxylic acid groups (broad SMARTS) is 1. The molecule has 0 unspecified atom stereocenters. The van der Waals surface area contributed by atoms with Crippen molar-refractivity contribution < 1.29 is 24.2 Å². The fraction of sp³-hybridized carbons (Fsp3) is 0.286. The molecule has 1 saturated heterocycles. The van der Waals surface area contributed by atoms with Crippen molar-refractivity contribution in [1.82, 2.24) is 10.2 Å². The minimum atomic E-state index is -0.909. The van der Waals surface area contributed by atoms with Crippen LogP contribution in [0.25, 0.3) is 11.1 Å². The Labute approximate surface area is 161 Å². The van der Waals surface area contributed by atoms with Crippen molar-refractivity contribution in [3.63, 3.8) is 0 Å². The van der Waals surface area contributed by atoms with E-state index in [-0.39, 0.29) is 38.1 Å². The number of benzene rings is 2. The summed E-state index contributed by atoms with van der Waals surface area (Å²) in [5.74, 6) is -1.78. The Morgan fingerprint density at radius 3 is 2.14 bits per heavy atom. The Bertz CT molecular complexity index is 890. The standard InChI is InChI=1S/C21H20N2O5/c24-19(23-10-13(11-23)20(25)26)9-22-21(27)28-12-18-16-7-3-1-5-14(16)15-6-2-4-8-17(15)18/h1-8,13,18H,9-12H2,(H,22,27)(H,25,26). The van der Waals surface area contributed by atoms with Crippen molar-refractivity contribution in [1.29, 1.82) is 0 Å². The number of aliphatic carboxylic acids is 1. The lowest BCUT2D eigenvalue weighted by Gasteiger charge is -2.36. The van der Waals surface area contributed by atoms with Gasteiger partial charge in [0.05, 0.1) is 5.92 Å². The van der Waals surface area contributed by atoms with Gasteiger partial charge in [-0.25, -0.2) is 4.79 Å². The van der Waals surface area contributed by atoms with Crippen molar-refractivity contribution in [3.8, 4) is 11.1 Å². The lowest BCUT2D eigenvalue weighted by Crippen LogP contribution is -2.55. The van der Waals surface area contributed by atoms with Gasteiger partial charge in [0.2, 0.25) is 5.91 Å². The number of likely N-dealkylation sites (tertiary alicyclic amines) is 1. The van der Waals surface area contributed by atoms with Crippen molar-refractivity contribution in [2.75, 3.05) is 26.2 Å². The molecule has 0 radical (unpaired) electrons. The van der Waals surface area contributed by atoms with E-state index in [0.29, 0.717) is 0 Å². The number of amides is 2. The summed E-state index contributed by atoms with van der Waals surface area (Å²) in [5, 5.41) is 11.3. The van der Waals surface area contributed by atoms with Gasteiger partial charge in [0, 0.05) is 19.0 Å². The highest BCUT2D eigenvalue weighted by molar-refractivity contribution is 5.85. The van der Waals surface area contributed by atoms with Crippen LogP contribution in [-0.2, 0) is 14.3 Å². The average molecular weight is 380 g/mol. The molecule has 2 aromatic rings. The minimum absolute atomic E-state index is 0.0411. The van der Waals surface area contributed by atoms with Gasteiger partial charge in [0.1, 0.15) is 13.2 Å². The number of alkyl carbamates (subject to hydrolysis) is 1. The van der Waals surface area contributed by atoms with Gasteiger partial charge >= 0.3 is 12.1 Å². The fourth-order valence-electron chi connectivity index (χ4n) is 3.75. The van der Waals surface area contributed by atoms with E-state index in [4.69, 9.17) is 9.84 Å². The van der Waals surface area contributed by atoms with Gasteiger partial charge in [0.25, 0.3) is 0 Å². The molecule has 1 aliphatic heterocycles. The number of fused-ring (bicyclic) bond motifs is 3. The second kappa shape index (κ2) is 7.34. The van der Waals surface area contributed by atoms with Crippen LogP contribution in [0, 0.1) is 5.92 Å². The first kappa shape index (κ1) is 18.0. The molecule has 0 bridgehead atoms. The highest BCUT2D eigenvalue weighted by Crippen LogP contribution is 2.44. The summed E-state index contributed by atoms with van der Waals surface area (Å²) in [5.41, 5.74) is 4.53. The summed E-state index contributed by atoms with van der Waals surface area (Å²) < 4.78 is 5.37. The predicted molar refractivity (Wildman–Crippen MR) is 101 cm³/mol. The summed E-state index contributed by atoms with van der Waals surface area (Å²) in [4.78, 5) is 36.2. The van der Waals surface area contributed by atoms with Gasteiger partial charge in [-0.3, -0.25) is 9.59 Å². The molecule has 28 heavy (non-hydrogen) atoms. The second-order valence-electron chi connectivity index (χ2n) is 7.01. The van der Waals surface area contributed by atoms with Crippen LogP contribution in [-0.4, -0.2) is 54.2 Å². The smallest absolute Gasteiger partial charge is 0.407 e. The summed E-state index contributed by atoms with van der Waals surface area (Å²) in [7, 11) is 0. The molecular formula is C21H20N2O5. The molecular weight excluding hydrogens is 360 g/mol. The third kappa shape index (κ3) is 3.31. The van der Waals surface area contributed by atoms with Crippen LogP contribution in [0.1, 0.15) is 17.0 Å². The normalized spacial score (nSPS) is 15.4. The van der Waals surface area contributed by atoms with Crippen LogP contribution in [0.3, 0.4) is 0 Å². The van der Waals surface area contributed by atoms with E-state index in [1.54, 1.807) is 0 Å². The zero-order valence-electron chi connectivity index (χ0n) is 15.1. The largest absolute Gasteiger partial charge is 0.481 e. The van der Waals surface area contributed by atoms with Gasteiger partial charge in [-0.1, -0.05) is 48.5 Å². The SMILES string of the molecule is O=C(NCC(=O)N1CC(C(=O)O)C1)OCC1c2ccccc2-c2ccccc21. The van der Waals surface area contributed by atoms with Crippen molar-refractivity contribution in [3.05, 3.63) is 59.7 Å². The van der Waals surface area contributed by atoms with Gasteiger partial charge in [0.15, 0.2) is 0 Å². The fourth-order valence-corrected chi connectivity index (χ4v) is 3.75. The Hall–Kier alpha value is -3.35. The maximum Gasteiger partial charge on any atom is 0.407 e. The third-order valence-electron chi connectivity index (χ3n) is 5.31. The first-order valence-electron chi connectivity index (χ1n) is 9.14. The Morgan fingerprint density at radius 1 is 1.00 bits per heavy atom. The zero-order valence-corrected chi connectivity index (χ0v) is 15.1. The van der Waals surface area contributed by atoms with Crippen LogP contribution < -0.4 is 5.32 Å². The Kier molecular flexibility index (Phi) is 4.73. The number of hydrogen-bond acceptors (Lipinski definition) is 4. The molecule has 7 heteroatoms. The Morgan fingerprint density at radius 2 is 1.57 bits per heavy atom. The van der Waals surface area contributed by atoms with E-state index in [9.17, 15) is 14.4 Å². The molecule has 1 fully saturated rings. The molecule has 0 aromatic heterocycles. The lowest BCUT2D eigenvalue weighted by molar-refractivity contribution is -0.152. The number of nitrogens with zero attached hydrogens (tertiary/aromatic N) is 1. The highest BCUT2D eigenvalue weighted by atomic mass is 16.5. The molecule has 2 amide bonds. The van der Waals surface area contributed by atoms with E-state index in [0.717, 1.165) is 22.3 Å². The van der Waals surface area contributed by atoms with Gasteiger partial charge < -0.3 is 20.1 Å². The minimum Gasteiger partial charge on any atom is -0.481 e.